The van der Waals surface area contributed by atoms with Crippen LogP contribution in [0.2, 0.25) is 0 Å². The normalized spacial score (nSPS) is 9.88. The second kappa shape index (κ2) is 11.3. The minimum absolute atomic E-state index is 0. The second-order valence-corrected chi connectivity index (χ2v) is 2.97. The first-order valence-electron chi connectivity index (χ1n) is 4.53. The van der Waals surface area contributed by atoms with Gasteiger partial charge in [-0.05, 0) is 0 Å². The quantitative estimate of drug-likeness (QED) is 0.238. The monoisotopic (exact) mass is 244 g/mol. The second-order valence-electron chi connectivity index (χ2n) is 2.97. The van der Waals surface area contributed by atoms with Gasteiger partial charge in [0.15, 0.2) is 0 Å². The summed E-state index contributed by atoms with van der Waals surface area (Å²) in [6.45, 7) is 0.575. The SMILES string of the molecule is O=C(O)CN(CCNCCO)CC(=O)O.[H-].[Na+]. The van der Waals surface area contributed by atoms with Crippen molar-refractivity contribution in [3.63, 3.8) is 0 Å². The van der Waals surface area contributed by atoms with Gasteiger partial charge in [-0.2, -0.15) is 0 Å². The topological polar surface area (TPSA) is 110 Å². The predicted molar refractivity (Wildman–Crippen MR) is 52.8 cm³/mol. The molecular weight excluding hydrogens is 227 g/mol. The Morgan fingerprint density at radius 3 is 2.00 bits per heavy atom. The molecule has 0 fully saturated rings. The van der Waals surface area contributed by atoms with Crippen molar-refractivity contribution >= 4 is 11.9 Å². The third-order valence-electron chi connectivity index (χ3n) is 1.61. The summed E-state index contributed by atoms with van der Waals surface area (Å²) in [6.07, 6.45) is 0. The zero-order valence-electron chi connectivity index (χ0n) is 10.3. The van der Waals surface area contributed by atoms with Gasteiger partial charge in [0.2, 0.25) is 0 Å². The molecule has 0 aromatic carbocycles. The average molecular weight is 244 g/mol. The van der Waals surface area contributed by atoms with Gasteiger partial charge in [-0.15, -0.1) is 0 Å². The molecule has 0 saturated carbocycles. The van der Waals surface area contributed by atoms with Crippen molar-refractivity contribution in [2.24, 2.45) is 0 Å². The molecule has 0 bridgehead atoms. The molecule has 0 heterocycles. The first-order chi connectivity index (χ1) is 7.06. The zero-order chi connectivity index (χ0) is 11.7. The Morgan fingerprint density at radius 2 is 1.62 bits per heavy atom. The summed E-state index contributed by atoms with van der Waals surface area (Å²) in [6, 6.07) is 0. The van der Waals surface area contributed by atoms with Crippen molar-refractivity contribution in [3.05, 3.63) is 0 Å². The summed E-state index contributed by atoms with van der Waals surface area (Å²) in [5, 5.41) is 28.3. The molecule has 4 N–H and O–H groups in total. The van der Waals surface area contributed by atoms with Crippen LogP contribution >= 0.6 is 0 Å². The van der Waals surface area contributed by atoms with Gasteiger partial charge in [0.05, 0.1) is 19.7 Å². The molecule has 90 valence electrons. The fourth-order valence-corrected chi connectivity index (χ4v) is 1.04. The van der Waals surface area contributed by atoms with Crippen LogP contribution in [0.1, 0.15) is 1.43 Å². The van der Waals surface area contributed by atoms with Crippen molar-refractivity contribution in [1.29, 1.82) is 0 Å². The van der Waals surface area contributed by atoms with Crippen LogP contribution in [0, 0.1) is 0 Å². The number of aliphatic hydroxyl groups is 1. The predicted octanol–water partition coefficient (Wildman–Crippen LogP) is -4.84. The number of hydrogen-bond acceptors (Lipinski definition) is 5. The number of nitrogens with zero attached hydrogens (tertiary/aromatic N) is 1. The molecule has 0 atom stereocenters. The fraction of sp³-hybridized carbons (Fsp3) is 0.750. The largest absolute Gasteiger partial charge is 1.00 e. The molecule has 0 aromatic rings. The van der Waals surface area contributed by atoms with Gasteiger partial charge < -0.3 is 22.1 Å². The summed E-state index contributed by atoms with van der Waals surface area (Å²) in [5.41, 5.74) is 0. The first kappa shape index (κ1) is 18.2. The average Bonchev–Trinajstić information content (AvgIpc) is 2.10. The first-order valence-corrected chi connectivity index (χ1v) is 4.53. The number of hydrogen-bond donors (Lipinski definition) is 4. The van der Waals surface area contributed by atoms with Crippen LogP contribution in [-0.4, -0.2) is 71.5 Å². The number of aliphatic carboxylic acids is 2. The van der Waals surface area contributed by atoms with E-state index < -0.39 is 11.9 Å². The maximum atomic E-state index is 10.4. The smallest absolute Gasteiger partial charge is 1.00 e. The minimum atomic E-state index is -1.06. The number of carboxylic acids is 2. The van der Waals surface area contributed by atoms with E-state index in [1.807, 2.05) is 0 Å². The van der Waals surface area contributed by atoms with Gasteiger partial charge in [-0.1, -0.05) is 0 Å². The molecule has 0 aliphatic heterocycles. The van der Waals surface area contributed by atoms with E-state index in [1.54, 1.807) is 0 Å². The number of aliphatic hydroxyl groups excluding tert-OH is 1. The van der Waals surface area contributed by atoms with Gasteiger partial charge in [-0.25, -0.2) is 0 Å². The maximum Gasteiger partial charge on any atom is 1.00 e. The van der Waals surface area contributed by atoms with Crippen molar-refractivity contribution in [2.75, 3.05) is 39.3 Å². The Morgan fingerprint density at radius 1 is 1.12 bits per heavy atom. The Balaban J connectivity index is -0.000000980. The van der Waals surface area contributed by atoms with Crippen molar-refractivity contribution < 1.29 is 55.9 Å². The van der Waals surface area contributed by atoms with E-state index in [9.17, 15) is 9.59 Å². The van der Waals surface area contributed by atoms with E-state index in [1.165, 1.54) is 4.90 Å². The van der Waals surface area contributed by atoms with E-state index in [2.05, 4.69) is 5.32 Å². The number of nitrogens with one attached hydrogen (secondary N) is 1. The standard InChI is InChI=1S/C8H16N2O5.Na.H/c11-4-2-9-1-3-10(5-7(12)13)6-8(14)15;;/h9,11H,1-6H2,(H,12,13)(H,14,15);;/q;+1;-1. The molecule has 0 amide bonds. The van der Waals surface area contributed by atoms with Crippen molar-refractivity contribution in [1.82, 2.24) is 10.2 Å². The van der Waals surface area contributed by atoms with Crippen LogP contribution < -0.4 is 34.9 Å². The molecule has 0 aromatic heterocycles. The Hall–Kier alpha value is -0.180. The third-order valence-corrected chi connectivity index (χ3v) is 1.61. The van der Waals surface area contributed by atoms with E-state index in [0.29, 0.717) is 19.6 Å². The molecular formula is C8H17N2NaO5. The molecule has 0 aliphatic carbocycles. The van der Waals surface area contributed by atoms with Crippen LogP contribution in [0.15, 0.2) is 0 Å². The summed E-state index contributed by atoms with van der Waals surface area (Å²) in [7, 11) is 0. The molecule has 16 heavy (non-hydrogen) atoms. The summed E-state index contributed by atoms with van der Waals surface area (Å²) >= 11 is 0. The maximum absolute atomic E-state index is 10.4. The van der Waals surface area contributed by atoms with Gasteiger partial charge in [0.25, 0.3) is 0 Å². The van der Waals surface area contributed by atoms with Crippen molar-refractivity contribution in [3.8, 4) is 0 Å². The van der Waals surface area contributed by atoms with E-state index >= 15 is 0 Å². The summed E-state index contributed by atoms with van der Waals surface area (Å²) < 4.78 is 0. The van der Waals surface area contributed by atoms with Gasteiger partial charge in [0.1, 0.15) is 0 Å². The van der Waals surface area contributed by atoms with Crippen LogP contribution in [0.5, 0.6) is 0 Å². The summed E-state index contributed by atoms with van der Waals surface area (Å²) in [4.78, 5) is 22.1. The Labute approximate surface area is 117 Å². The van der Waals surface area contributed by atoms with E-state index in [4.69, 9.17) is 15.3 Å². The molecule has 0 rings (SSSR count). The van der Waals surface area contributed by atoms with Crippen molar-refractivity contribution in [2.45, 2.75) is 0 Å². The van der Waals surface area contributed by atoms with Gasteiger partial charge in [0, 0.05) is 19.6 Å². The minimum Gasteiger partial charge on any atom is -1.00 e. The van der Waals surface area contributed by atoms with Crippen LogP contribution in [-0.2, 0) is 9.59 Å². The summed E-state index contributed by atoms with van der Waals surface area (Å²) in [5.74, 6) is -2.11. The van der Waals surface area contributed by atoms with Gasteiger partial charge in [-0.3, -0.25) is 14.5 Å². The van der Waals surface area contributed by atoms with E-state index in [0.717, 1.165) is 0 Å². The zero-order valence-corrected chi connectivity index (χ0v) is 11.3. The molecule has 0 aliphatic rings. The number of carbonyl (C=O) groups is 2. The molecule has 0 spiro atoms. The van der Waals surface area contributed by atoms with Crippen LogP contribution in [0.4, 0.5) is 0 Å². The number of carboxylic acid groups (broad SMARTS) is 2. The van der Waals surface area contributed by atoms with Crippen LogP contribution in [0.25, 0.3) is 0 Å². The molecule has 0 saturated heterocycles. The molecule has 8 heteroatoms. The third kappa shape index (κ3) is 11.9. The molecule has 7 nitrogen and oxygen atoms in total. The Kier molecular flexibility index (Phi) is 12.9. The van der Waals surface area contributed by atoms with Crippen LogP contribution in [0.3, 0.4) is 0 Å². The number of rotatable bonds is 9. The van der Waals surface area contributed by atoms with Gasteiger partial charge >= 0.3 is 41.5 Å². The fourth-order valence-electron chi connectivity index (χ4n) is 1.04. The molecule has 0 radical (unpaired) electrons. The Bertz CT molecular complexity index is 204. The molecule has 0 unspecified atom stereocenters. The van der Waals surface area contributed by atoms with E-state index in [-0.39, 0.29) is 50.7 Å².